The number of amides is 1. The molecule has 2 N–H and O–H groups in total. The first-order valence-corrected chi connectivity index (χ1v) is 9.09. The maximum atomic E-state index is 11.9. The molecule has 0 saturated heterocycles. The van der Waals surface area contributed by atoms with Gasteiger partial charge in [0, 0.05) is 6.54 Å². The molecule has 24 heavy (non-hydrogen) atoms. The Morgan fingerprint density at radius 2 is 2.04 bits per heavy atom. The fourth-order valence-corrected chi connectivity index (χ4v) is 3.23. The molecule has 0 bridgehead atoms. The molecule has 0 unspecified atom stereocenters. The van der Waals surface area contributed by atoms with E-state index in [9.17, 15) is 4.79 Å². The average Bonchev–Trinajstić information content (AvgIpc) is 3.00. The average molecular weight is 339 g/mol. The van der Waals surface area contributed by atoms with E-state index in [4.69, 9.17) is 0 Å². The quantitative estimate of drug-likeness (QED) is 0.509. The van der Waals surface area contributed by atoms with E-state index in [1.165, 1.54) is 22.9 Å². The van der Waals surface area contributed by atoms with Gasteiger partial charge in [-0.15, -0.1) is 0 Å². The van der Waals surface area contributed by atoms with E-state index in [0.29, 0.717) is 12.3 Å². The first-order valence-electron chi connectivity index (χ1n) is 8.10. The third kappa shape index (κ3) is 4.61. The highest BCUT2D eigenvalue weighted by molar-refractivity contribution is 7.99. The number of thioether (sulfide) groups is 1. The van der Waals surface area contributed by atoms with Gasteiger partial charge in [0.15, 0.2) is 5.16 Å². The number of imidazole rings is 1. The molecule has 1 amide bonds. The molecule has 1 aromatic heterocycles. The molecule has 124 valence electrons. The standard InChI is InChI=1S/C19H21N3OS/c1-14-9-10-16-17(12-14)22-19(21-16)24-13-18(23)20-11-5-8-15-6-3-2-4-7-15/h2-4,6-7,9-10,12H,5,8,11,13H2,1H3,(H,20,23)(H,21,22). The molecule has 0 aliphatic rings. The number of hydrogen-bond acceptors (Lipinski definition) is 3. The van der Waals surface area contributed by atoms with Gasteiger partial charge in [-0.2, -0.15) is 0 Å². The van der Waals surface area contributed by atoms with Gasteiger partial charge in [0.1, 0.15) is 0 Å². The van der Waals surface area contributed by atoms with Crippen molar-refractivity contribution in [1.82, 2.24) is 15.3 Å². The number of aromatic nitrogens is 2. The molecule has 0 radical (unpaired) electrons. The molecule has 3 rings (SSSR count). The van der Waals surface area contributed by atoms with Gasteiger partial charge in [0.25, 0.3) is 0 Å². The van der Waals surface area contributed by atoms with Crippen molar-refractivity contribution in [1.29, 1.82) is 0 Å². The number of benzene rings is 2. The van der Waals surface area contributed by atoms with Gasteiger partial charge in [-0.3, -0.25) is 4.79 Å². The number of rotatable bonds is 7. The van der Waals surface area contributed by atoms with Crippen LogP contribution >= 0.6 is 11.8 Å². The topological polar surface area (TPSA) is 57.8 Å². The van der Waals surface area contributed by atoms with Gasteiger partial charge >= 0.3 is 0 Å². The van der Waals surface area contributed by atoms with Gasteiger partial charge in [-0.25, -0.2) is 4.98 Å². The Balaban J connectivity index is 1.40. The highest BCUT2D eigenvalue weighted by Crippen LogP contribution is 2.20. The summed E-state index contributed by atoms with van der Waals surface area (Å²) < 4.78 is 0. The lowest BCUT2D eigenvalue weighted by molar-refractivity contribution is -0.118. The Kier molecular flexibility index (Phi) is 5.54. The summed E-state index contributed by atoms with van der Waals surface area (Å²) in [5, 5.41) is 3.75. The number of aryl methyl sites for hydroxylation is 2. The Hall–Kier alpha value is -2.27. The van der Waals surface area contributed by atoms with Crippen LogP contribution in [0.15, 0.2) is 53.7 Å². The first kappa shape index (κ1) is 16.6. The Labute approximate surface area is 146 Å². The molecule has 0 saturated carbocycles. The fourth-order valence-electron chi connectivity index (χ4n) is 2.52. The number of carbonyl (C=O) groups excluding carboxylic acids is 1. The second kappa shape index (κ2) is 8.02. The highest BCUT2D eigenvalue weighted by Gasteiger charge is 2.07. The number of nitrogens with zero attached hydrogens (tertiary/aromatic N) is 1. The Bertz CT molecular complexity index is 814. The number of H-pyrrole nitrogens is 1. The van der Waals surface area contributed by atoms with Gasteiger partial charge in [-0.1, -0.05) is 48.2 Å². The molecule has 4 nitrogen and oxygen atoms in total. The van der Waals surface area contributed by atoms with Crippen molar-refractivity contribution >= 4 is 28.7 Å². The molecule has 1 heterocycles. The predicted octanol–water partition coefficient (Wildman–Crippen LogP) is 3.71. The van der Waals surface area contributed by atoms with Crippen molar-refractivity contribution in [3.63, 3.8) is 0 Å². The minimum atomic E-state index is 0.0460. The lowest BCUT2D eigenvalue weighted by Gasteiger charge is -2.04. The molecule has 0 spiro atoms. The van der Waals surface area contributed by atoms with Crippen LogP contribution in [0.3, 0.4) is 0 Å². The van der Waals surface area contributed by atoms with Crippen molar-refractivity contribution < 1.29 is 4.79 Å². The maximum absolute atomic E-state index is 11.9. The van der Waals surface area contributed by atoms with Crippen LogP contribution in [-0.4, -0.2) is 28.2 Å². The number of carbonyl (C=O) groups is 1. The normalized spacial score (nSPS) is 10.9. The molecule has 3 aromatic rings. The summed E-state index contributed by atoms with van der Waals surface area (Å²) in [6.45, 7) is 2.75. The van der Waals surface area contributed by atoms with Crippen LogP contribution in [-0.2, 0) is 11.2 Å². The van der Waals surface area contributed by atoms with Crippen molar-refractivity contribution in [3.8, 4) is 0 Å². The third-order valence-electron chi connectivity index (χ3n) is 3.76. The lowest BCUT2D eigenvalue weighted by atomic mass is 10.1. The first-order chi connectivity index (χ1) is 11.7. The Morgan fingerprint density at radius 3 is 2.88 bits per heavy atom. The molecular formula is C19H21N3OS. The predicted molar refractivity (Wildman–Crippen MR) is 99.3 cm³/mol. The van der Waals surface area contributed by atoms with Crippen molar-refractivity contribution in [2.75, 3.05) is 12.3 Å². The van der Waals surface area contributed by atoms with E-state index in [-0.39, 0.29) is 5.91 Å². The summed E-state index contributed by atoms with van der Waals surface area (Å²) in [4.78, 5) is 19.7. The summed E-state index contributed by atoms with van der Waals surface area (Å²) in [6, 6.07) is 16.4. The molecule has 0 fully saturated rings. The molecule has 0 atom stereocenters. The fraction of sp³-hybridized carbons (Fsp3) is 0.263. The van der Waals surface area contributed by atoms with Crippen LogP contribution in [0.5, 0.6) is 0 Å². The van der Waals surface area contributed by atoms with Crippen molar-refractivity contribution in [3.05, 3.63) is 59.7 Å². The molecule has 5 heteroatoms. The van der Waals surface area contributed by atoms with Crippen LogP contribution in [0.4, 0.5) is 0 Å². The van der Waals surface area contributed by atoms with E-state index in [1.807, 2.05) is 30.3 Å². The molecular weight excluding hydrogens is 318 g/mol. The minimum absolute atomic E-state index is 0.0460. The van der Waals surface area contributed by atoms with E-state index >= 15 is 0 Å². The lowest BCUT2D eigenvalue weighted by Crippen LogP contribution is -2.26. The second-order valence-electron chi connectivity index (χ2n) is 5.79. The Morgan fingerprint density at radius 1 is 1.21 bits per heavy atom. The van der Waals surface area contributed by atoms with Gasteiger partial charge < -0.3 is 10.3 Å². The molecule has 0 aliphatic heterocycles. The maximum Gasteiger partial charge on any atom is 0.230 e. The van der Waals surface area contributed by atoms with E-state index in [2.05, 4.69) is 40.4 Å². The van der Waals surface area contributed by atoms with E-state index < -0.39 is 0 Å². The third-order valence-corrected chi connectivity index (χ3v) is 4.64. The van der Waals surface area contributed by atoms with Crippen LogP contribution in [0.1, 0.15) is 17.5 Å². The zero-order chi connectivity index (χ0) is 16.8. The van der Waals surface area contributed by atoms with E-state index in [0.717, 1.165) is 29.0 Å². The van der Waals surface area contributed by atoms with Crippen molar-refractivity contribution in [2.45, 2.75) is 24.9 Å². The molecule has 0 aliphatic carbocycles. The number of hydrogen-bond donors (Lipinski definition) is 2. The van der Waals surface area contributed by atoms with Gasteiger partial charge in [0.2, 0.25) is 5.91 Å². The minimum Gasteiger partial charge on any atom is -0.355 e. The second-order valence-corrected chi connectivity index (χ2v) is 6.75. The van der Waals surface area contributed by atoms with Crippen LogP contribution in [0.25, 0.3) is 11.0 Å². The van der Waals surface area contributed by atoms with Crippen LogP contribution < -0.4 is 5.32 Å². The smallest absolute Gasteiger partial charge is 0.230 e. The summed E-state index contributed by atoms with van der Waals surface area (Å²) in [5.74, 6) is 0.425. The zero-order valence-corrected chi connectivity index (χ0v) is 14.5. The SMILES string of the molecule is Cc1ccc2nc(SCC(=O)NCCCc3ccccc3)[nH]c2c1. The van der Waals surface area contributed by atoms with Crippen LogP contribution in [0.2, 0.25) is 0 Å². The highest BCUT2D eigenvalue weighted by atomic mass is 32.2. The number of nitrogens with one attached hydrogen (secondary N) is 2. The largest absolute Gasteiger partial charge is 0.355 e. The van der Waals surface area contributed by atoms with Gasteiger partial charge in [-0.05, 0) is 43.0 Å². The van der Waals surface area contributed by atoms with Crippen molar-refractivity contribution in [2.24, 2.45) is 0 Å². The zero-order valence-electron chi connectivity index (χ0n) is 13.7. The summed E-state index contributed by atoms with van der Waals surface area (Å²) in [5.41, 5.74) is 4.45. The van der Waals surface area contributed by atoms with E-state index in [1.54, 1.807) is 0 Å². The monoisotopic (exact) mass is 339 g/mol. The molecule has 2 aromatic carbocycles. The van der Waals surface area contributed by atoms with Crippen LogP contribution in [0, 0.1) is 6.92 Å². The number of fused-ring (bicyclic) bond motifs is 1. The number of aromatic amines is 1. The summed E-state index contributed by atoms with van der Waals surface area (Å²) >= 11 is 1.44. The summed E-state index contributed by atoms with van der Waals surface area (Å²) in [6.07, 6.45) is 1.93. The van der Waals surface area contributed by atoms with Gasteiger partial charge in [0.05, 0.1) is 16.8 Å². The summed E-state index contributed by atoms with van der Waals surface area (Å²) in [7, 11) is 0.